The van der Waals surface area contributed by atoms with Gasteiger partial charge in [0, 0.05) is 12.4 Å². The van der Waals surface area contributed by atoms with E-state index >= 15 is 0 Å². The van der Waals surface area contributed by atoms with Gasteiger partial charge in [-0.25, -0.2) is 4.79 Å². The molecule has 5 nitrogen and oxygen atoms in total. The Kier molecular flexibility index (Phi) is 3.16. The molecule has 1 heterocycles. The van der Waals surface area contributed by atoms with Crippen LogP contribution in [0.5, 0.6) is 0 Å². The number of hydrogen-bond donors (Lipinski definition) is 3. The van der Waals surface area contributed by atoms with Crippen molar-refractivity contribution in [3.8, 4) is 0 Å². The largest absolute Gasteiger partial charge is 0.478 e. The molecule has 1 aromatic heterocycles. The average molecular weight is 196 g/mol. The van der Waals surface area contributed by atoms with Crippen LogP contribution < -0.4 is 5.73 Å². The van der Waals surface area contributed by atoms with Gasteiger partial charge in [-0.3, -0.25) is 4.98 Å². The summed E-state index contributed by atoms with van der Waals surface area (Å²) in [7, 11) is 0. The van der Waals surface area contributed by atoms with E-state index in [0.29, 0.717) is 5.56 Å². The van der Waals surface area contributed by atoms with Gasteiger partial charge >= 0.3 is 5.97 Å². The highest BCUT2D eigenvalue weighted by Gasteiger charge is 2.19. The molecule has 5 heteroatoms. The summed E-state index contributed by atoms with van der Waals surface area (Å²) in [5.41, 5.74) is 6.06. The van der Waals surface area contributed by atoms with Crippen molar-refractivity contribution in [2.75, 3.05) is 0 Å². The van der Waals surface area contributed by atoms with Gasteiger partial charge in [-0.15, -0.1) is 0 Å². The lowest BCUT2D eigenvalue weighted by Crippen LogP contribution is -2.25. The van der Waals surface area contributed by atoms with E-state index in [1.54, 1.807) is 0 Å². The number of carbonyl (C=O) groups is 1. The maximum Gasteiger partial charge on any atom is 0.337 e. The van der Waals surface area contributed by atoms with Gasteiger partial charge in [0.05, 0.1) is 17.7 Å². The second kappa shape index (κ2) is 4.17. The summed E-state index contributed by atoms with van der Waals surface area (Å²) in [5.74, 6) is -1.09. The summed E-state index contributed by atoms with van der Waals surface area (Å²) in [6.07, 6.45) is 1.87. The molecule has 0 aromatic carbocycles. The number of rotatable bonds is 3. The summed E-state index contributed by atoms with van der Waals surface area (Å²) < 4.78 is 0. The predicted molar refractivity (Wildman–Crippen MR) is 49.8 cm³/mol. The Morgan fingerprint density at radius 1 is 1.64 bits per heavy atom. The molecule has 2 atom stereocenters. The molecule has 0 amide bonds. The predicted octanol–water partition coefficient (Wildman–Crippen LogP) is 0.160. The fourth-order valence-electron chi connectivity index (χ4n) is 1.13. The highest BCUT2D eigenvalue weighted by molar-refractivity contribution is 5.89. The minimum Gasteiger partial charge on any atom is -0.478 e. The Balaban J connectivity index is 3.13. The fraction of sp³-hybridized carbons (Fsp3) is 0.333. The molecule has 0 aliphatic heterocycles. The van der Waals surface area contributed by atoms with Gasteiger partial charge in [0.2, 0.25) is 0 Å². The number of pyridine rings is 1. The number of carboxylic acid groups (broad SMARTS) is 1. The van der Waals surface area contributed by atoms with Crippen LogP contribution in [0.2, 0.25) is 0 Å². The van der Waals surface area contributed by atoms with Crippen LogP contribution in [0.1, 0.15) is 28.9 Å². The second-order valence-corrected chi connectivity index (χ2v) is 3.03. The molecule has 0 aliphatic rings. The van der Waals surface area contributed by atoms with Gasteiger partial charge in [0.1, 0.15) is 0 Å². The van der Waals surface area contributed by atoms with E-state index in [1.165, 1.54) is 25.4 Å². The fourth-order valence-corrected chi connectivity index (χ4v) is 1.13. The zero-order chi connectivity index (χ0) is 10.7. The van der Waals surface area contributed by atoms with Gasteiger partial charge < -0.3 is 15.9 Å². The molecule has 4 N–H and O–H groups in total. The lowest BCUT2D eigenvalue weighted by Gasteiger charge is -2.16. The standard InChI is InChI=1S/C9H12N2O3/c1-5(12)8(10)6-2-3-11-4-7(6)9(13)14/h2-5,8,12H,10H2,1H3,(H,13,14). The summed E-state index contributed by atoms with van der Waals surface area (Å²) in [6.45, 7) is 1.51. The van der Waals surface area contributed by atoms with Gasteiger partial charge in [0.25, 0.3) is 0 Å². The maximum atomic E-state index is 10.8. The highest BCUT2D eigenvalue weighted by atomic mass is 16.4. The van der Waals surface area contributed by atoms with E-state index in [-0.39, 0.29) is 5.56 Å². The van der Waals surface area contributed by atoms with Crippen molar-refractivity contribution < 1.29 is 15.0 Å². The summed E-state index contributed by atoms with van der Waals surface area (Å²) >= 11 is 0. The molecular weight excluding hydrogens is 184 g/mol. The number of hydrogen-bond acceptors (Lipinski definition) is 4. The van der Waals surface area contributed by atoms with Crippen LogP contribution in [0, 0.1) is 0 Å². The molecule has 76 valence electrons. The lowest BCUT2D eigenvalue weighted by atomic mass is 10.00. The molecule has 0 saturated heterocycles. The molecular formula is C9H12N2O3. The van der Waals surface area contributed by atoms with Crippen molar-refractivity contribution in [3.63, 3.8) is 0 Å². The topological polar surface area (TPSA) is 96.4 Å². The van der Waals surface area contributed by atoms with E-state index in [1.807, 2.05) is 0 Å². The maximum absolute atomic E-state index is 10.8. The van der Waals surface area contributed by atoms with Crippen LogP contribution in [0.4, 0.5) is 0 Å². The van der Waals surface area contributed by atoms with Crippen molar-refractivity contribution in [1.29, 1.82) is 0 Å². The van der Waals surface area contributed by atoms with Crippen molar-refractivity contribution in [2.24, 2.45) is 5.73 Å². The van der Waals surface area contributed by atoms with Crippen LogP contribution in [-0.4, -0.2) is 27.3 Å². The molecule has 0 aliphatic carbocycles. The molecule has 0 spiro atoms. The molecule has 14 heavy (non-hydrogen) atoms. The minimum atomic E-state index is -1.09. The Morgan fingerprint density at radius 2 is 2.29 bits per heavy atom. The quantitative estimate of drug-likeness (QED) is 0.639. The summed E-state index contributed by atoms with van der Waals surface area (Å²) in [5, 5.41) is 18.1. The highest BCUT2D eigenvalue weighted by Crippen LogP contribution is 2.17. The number of aliphatic hydroxyl groups excluding tert-OH is 1. The zero-order valence-corrected chi connectivity index (χ0v) is 7.71. The van der Waals surface area contributed by atoms with E-state index in [0.717, 1.165) is 0 Å². The zero-order valence-electron chi connectivity index (χ0n) is 7.71. The van der Waals surface area contributed by atoms with Gasteiger partial charge in [-0.05, 0) is 18.6 Å². The van der Waals surface area contributed by atoms with E-state index in [4.69, 9.17) is 10.8 Å². The third-order valence-corrected chi connectivity index (χ3v) is 1.96. The molecule has 2 unspecified atom stereocenters. The Labute approximate surface area is 81.2 Å². The summed E-state index contributed by atoms with van der Waals surface area (Å²) in [6, 6.07) is 0.796. The SMILES string of the molecule is CC(O)C(N)c1ccncc1C(=O)O. The third kappa shape index (κ3) is 2.07. The lowest BCUT2D eigenvalue weighted by molar-refractivity contribution is 0.0693. The average Bonchev–Trinajstić information content (AvgIpc) is 2.16. The van der Waals surface area contributed by atoms with E-state index in [2.05, 4.69) is 4.98 Å². The monoisotopic (exact) mass is 196 g/mol. The van der Waals surface area contributed by atoms with Crippen LogP contribution >= 0.6 is 0 Å². The molecule has 1 aromatic rings. The Hall–Kier alpha value is -1.46. The molecule has 1 rings (SSSR count). The second-order valence-electron chi connectivity index (χ2n) is 3.03. The van der Waals surface area contributed by atoms with E-state index in [9.17, 15) is 9.90 Å². The van der Waals surface area contributed by atoms with Gasteiger partial charge in [-0.2, -0.15) is 0 Å². The van der Waals surface area contributed by atoms with Gasteiger partial charge in [0.15, 0.2) is 0 Å². The first-order valence-electron chi connectivity index (χ1n) is 4.15. The van der Waals surface area contributed by atoms with Crippen LogP contribution in [0.3, 0.4) is 0 Å². The van der Waals surface area contributed by atoms with Crippen molar-refractivity contribution in [3.05, 3.63) is 29.6 Å². The van der Waals surface area contributed by atoms with Crippen molar-refractivity contribution >= 4 is 5.97 Å². The van der Waals surface area contributed by atoms with Crippen LogP contribution in [0.15, 0.2) is 18.5 Å². The normalized spacial score (nSPS) is 14.8. The first-order valence-corrected chi connectivity index (χ1v) is 4.15. The molecule has 0 radical (unpaired) electrons. The van der Waals surface area contributed by atoms with Crippen LogP contribution in [-0.2, 0) is 0 Å². The van der Waals surface area contributed by atoms with Gasteiger partial charge in [-0.1, -0.05) is 0 Å². The summed E-state index contributed by atoms with van der Waals surface area (Å²) in [4.78, 5) is 14.5. The smallest absolute Gasteiger partial charge is 0.337 e. The first kappa shape index (κ1) is 10.6. The van der Waals surface area contributed by atoms with Crippen molar-refractivity contribution in [1.82, 2.24) is 4.98 Å². The Bertz CT molecular complexity index is 339. The number of nitrogens with two attached hydrogens (primary N) is 1. The van der Waals surface area contributed by atoms with Crippen LogP contribution in [0.25, 0.3) is 0 Å². The number of nitrogens with zero attached hydrogens (tertiary/aromatic N) is 1. The third-order valence-electron chi connectivity index (χ3n) is 1.96. The number of aliphatic hydroxyl groups is 1. The number of aromatic carboxylic acids is 1. The molecule has 0 saturated carbocycles. The van der Waals surface area contributed by atoms with Crippen molar-refractivity contribution in [2.45, 2.75) is 19.1 Å². The number of aromatic nitrogens is 1. The minimum absolute atomic E-state index is 0.0286. The van der Waals surface area contributed by atoms with E-state index < -0.39 is 18.1 Å². The first-order chi connectivity index (χ1) is 6.54. The molecule has 0 fully saturated rings. The number of carboxylic acids is 1. The molecule has 0 bridgehead atoms. The Morgan fingerprint density at radius 3 is 2.79 bits per heavy atom.